The van der Waals surface area contributed by atoms with Crippen molar-refractivity contribution in [2.75, 3.05) is 105 Å². The van der Waals surface area contributed by atoms with E-state index in [1.807, 2.05) is 24.5 Å². The molecule has 7 N–H and O–H groups in total. The van der Waals surface area contributed by atoms with Gasteiger partial charge in [0.15, 0.2) is 5.16 Å². The SMILES string of the molecule is Cc1cc(N)ccc1N1CCN(C)CC1.[C-]#[N+]c1cnc(Nc2ccc(N3CCN(C)CC3)c(C)c2)nc1N.[C-]#[N+]c1cnc(SC)nc1N. The highest BCUT2D eigenvalue weighted by atomic mass is 32.2. The number of aryl methyl sites for hydroxylation is 2. The molecule has 0 saturated carbocycles. The maximum atomic E-state index is 6.97. The molecule has 0 atom stereocenters. The van der Waals surface area contributed by atoms with Crippen molar-refractivity contribution in [1.82, 2.24) is 29.7 Å². The van der Waals surface area contributed by atoms with Crippen LogP contribution in [0.4, 0.5) is 51.7 Å². The van der Waals surface area contributed by atoms with Crippen LogP contribution >= 0.6 is 11.8 Å². The minimum absolute atomic E-state index is 0.188. The Bertz CT molecular complexity index is 1820. The van der Waals surface area contributed by atoms with Crippen molar-refractivity contribution in [1.29, 1.82) is 0 Å². The Morgan fingerprint density at radius 1 is 0.700 bits per heavy atom. The molecule has 2 saturated heterocycles. The highest BCUT2D eigenvalue weighted by Crippen LogP contribution is 2.27. The van der Waals surface area contributed by atoms with Crippen LogP contribution in [0.3, 0.4) is 0 Å². The average molecular weight is 695 g/mol. The zero-order valence-electron chi connectivity index (χ0n) is 29.4. The number of aromatic nitrogens is 4. The Balaban J connectivity index is 0.000000184. The first-order valence-corrected chi connectivity index (χ1v) is 17.4. The fourth-order valence-electron chi connectivity index (χ4n) is 5.44. The largest absolute Gasteiger partial charge is 0.399 e. The first-order chi connectivity index (χ1) is 24.0. The lowest BCUT2D eigenvalue weighted by molar-refractivity contribution is 0.312. The molecule has 0 amide bonds. The molecule has 0 bridgehead atoms. The number of thioether (sulfide) groups is 1. The van der Waals surface area contributed by atoms with Gasteiger partial charge in [0.2, 0.25) is 17.3 Å². The molecule has 2 fully saturated rings. The lowest BCUT2D eigenvalue weighted by Crippen LogP contribution is -2.44. The van der Waals surface area contributed by atoms with Crippen LogP contribution in [0, 0.1) is 27.0 Å². The molecule has 0 spiro atoms. The number of piperazine rings is 2. The standard InChI is InChI=1S/C17H21N7.C12H19N3.C6H6N4S/c1-12-10-13(21-17-20-11-14(19-2)16(18)22-17)4-5-15(12)24-8-6-23(3)7-9-24;1-10-9-11(13)3-4-12(10)15-7-5-14(2)6-8-15;1-8-4-3-9-6(11-2)10-5(4)7/h4-5,10-11H,6-9H2,1,3H3,(H3,18,20,21,22);3-4,9H,5-8,13H2,1-2H3;3H,2H3,(H2,7,9,10). The Morgan fingerprint density at radius 2 is 1.20 bits per heavy atom. The minimum Gasteiger partial charge on any atom is -0.399 e. The van der Waals surface area contributed by atoms with Crippen molar-refractivity contribution in [3.05, 3.63) is 82.8 Å². The van der Waals surface area contributed by atoms with Crippen LogP contribution in [0.1, 0.15) is 11.1 Å². The number of hydrogen-bond donors (Lipinski definition) is 4. The van der Waals surface area contributed by atoms with Crippen molar-refractivity contribution in [3.8, 4) is 0 Å². The van der Waals surface area contributed by atoms with Crippen molar-refractivity contribution in [2.24, 2.45) is 0 Å². The van der Waals surface area contributed by atoms with Crippen LogP contribution < -0.4 is 32.3 Å². The summed E-state index contributed by atoms with van der Waals surface area (Å²) in [6.07, 6.45) is 4.72. The molecule has 2 aromatic heterocycles. The predicted octanol–water partition coefficient (Wildman–Crippen LogP) is 5.07. The van der Waals surface area contributed by atoms with Crippen LogP contribution in [0.25, 0.3) is 9.69 Å². The maximum absolute atomic E-state index is 6.97. The van der Waals surface area contributed by atoms with E-state index in [-0.39, 0.29) is 17.3 Å². The fraction of sp³-hybridized carbons (Fsp3) is 0.371. The van der Waals surface area contributed by atoms with E-state index in [4.69, 9.17) is 30.3 Å². The number of hydrogen-bond acceptors (Lipinski definition) is 13. The summed E-state index contributed by atoms with van der Waals surface area (Å²) in [5.74, 6) is 0.833. The number of nitrogens with two attached hydrogens (primary N) is 3. The van der Waals surface area contributed by atoms with Gasteiger partial charge < -0.3 is 42.1 Å². The summed E-state index contributed by atoms with van der Waals surface area (Å²) in [7, 11) is 4.33. The molecule has 0 aliphatic carbocycles. The number of rotatable bonds is 5. The summed E-state index contributed by atoms with van der Waals surface area (Å²) in [5, 5.41) is 3.73. The van der Waals surface area contributed by atoms with E-state index in [0.29, 0.717) is 16.8 Å². The van der Waals surface area contributed by atoms with E-state index in [1.165, 1.54) is 46.7 Å². The van der Waals surface area contributed by atoms with Gasteiger partial charge in [0.1, 0.15) is 11.6 Å². The number of likely N-dealkylation sites (N-methyl/N-ethyl adjacent to an activating group) is 2. The molecule has 2 aliphatic rings. The molecule has 4 heterocycles. The fourth-order valence-corrected chi connectivity index (χ4v) is 5.78. The summed E-state index contributed by atoms with van der Waals surface area (Å²) in [6, 6.07) is 12.4. The summed E-state index contributed by atoms with van der Waals surface area (Å²) >= 11 is 1.40. The van der Waals surface area contributed by atoms with Crippen LogP contribution in [0.2, 0.25) is 0 Å². The van der Waals surface area contributed by atoms with Gasteiger partial charge in [-0.15, -0.1) is 0 Å². The molecule has 262 valence electrons. The molecular weight excluding hydrogens is 649 g/mol. The third kappa shape index (κ3) is 10.3. The molecule has 2 aromatic carbocycles. The Labute approximate surface area is 299 Å². The number of nitrogen functional groups attached to an aromatic ring is 3. The summed E-state index contributed by atoms with van der Waals surface area (Å²) in [5.41, 5.74) is 24.3. The first-order valence-electron chi connectivity index (χ1n) is 16.2. The van der Waals surface area contributed by atoms with Gasteiger partial charge in [-0.2, -0.15) is 0 Å². The molecule has 4 aromatic rings. The number of nitrogens with zero attached hydrogens (tertiary/aromatic N) is 10. The van der Waals surface area contributed by atoms with E-state index in [0.717, 1.165) is 63.7 Å². The summed E-state index contributed by atoms with van der Waals surface area (Å²) < 4.78 is 0. The van der Waals surface area contributed by atoms with Gasteiger partial charge in [-0.25, -0.2) is 29.6 Å². The number of anilines is 7. The van der Waals surface area contributed by atoms with Crippen LogP contribution in [-0.2, 0) is 0 Å². The number of benzene rings is 2. The van der Waals surface area contributed by atoms with E-state index in [9.17, 15) is 0 Å². The zero-order chi connectivity index (χ0) is 36.2. The van der Waals surface area contributed by atoms with E-state index in [1.54, 1.807) is 0 Å². The third-order valence-corrected chi connectivity index (χ3v) is 8.92. The van der Waals surface area contributed by atoms with Crippen molar-refractivity contribution in [2.45, 2.75) is 19.0 Å². The van der Waals surface area contributed by atoms with Gasteiger partial charge in [0.05, 0.1) is 13.1 Å². The van der Waals surface area contributed by atoms with Gasteiger partial charge >= 0.3 is 0 Å². The normalized spacial score (nSPS) is 14.7. The minimum atomic E-state index is 0.188. The molecule has 0 unspecified atom stereocenters. The van der Waals surface area contributed by atoms with E-state index < -0.39 is 0 Å². The van der Waals surface area contributed by atoms with Crippen molar-refractivity contribution < 1.29 is 0 Å². The summed E-state index contributed by atoms with van der Waals surface area (Å²) in [4.78, 5) is 32.0. The monoisotopic (exact) mass is 694 g/mol. The molecule has 14 nitrogen and oxygen atoms in total. The van der Waals surface area contributed by atoms with Crippen LogP contribution in [0.15, 0.2) is 53.9 Å². The van der Waals surface area contributed by atoms with Crippen molar-refractivity contribution in [3.63, 3.8) is 0 Å². The van der Waals surface area contributed by atoms with Gasteiger partial charge in [-0.05, 0) is 81.7 Å². The topological polar surface area (TPSA) is 163 Å². The second-order valence-corrected chi connectivity index (χ2v) is 12.8. The van der Waals surface area contributed by atoms with E-state index in [2.05, 4.69) is 101 Å². The molecular formula is C35H46N14S. The quantitative estimate of drug-likeness (QED) is 0.0948. The Morgan fingerprint density at radius 3 is 1.66 bits per heavy atom. The second kappa shape index (κ2) is 17.9. The van der Waals surface area contributed by atoms with Gasteiger partial charge in [-0.3, -0.25) is 0 Å². The van der Waals surface area contributed by atoms with E-state index >= 15 is 0 Å². The molecule has 6 rings (SSSR count). The Kier molecular flexibility index (Phi) is 13.4. The highest BCUT2D eigenvalue weighted by Gasteiger charge is 2.17. The zero-order valence-corrected chi connectivity index (χ0v) is 30.2. The van der Waals surface area contributed by atoms with Crippen molar-refractivity contribution >= 4 is 63.5 Å². The predicted molar refractivity (Wildman–Crippen MR) is 207 cm³/mol. The lowest BCUT2D eigenvalue weighted by atomic mass is 10.1. The lowest BCUT2D eigenvalue weighted by Gasteiger charge is -2.35. The molecule has 15 heteroatoms. The molecule has 50 heavy (non-hydrogen) atoms. The van der Waals surface area contributed by atoms with Crippen LogP contribution in [0.5, 0.6) is 0 Å². The molecule has 0 radical (unpaired) electrons. The van der Waals surface area contributed by atoms with Crippen LogP contribution in [-0.4, -0.2) is 102 Å². The average Bonchev–Trinajstić information content (AvgIpc) is 3.10. The Hall–Kier alpha value is -5.35. The summed E-state index contributed by atoms with van der Waals surface area (Å²) in [6.45, 7) is 26.6. The van der Waals surface area contributed by atoms with Gasteiger partial charge in [0.25, 0.3) is 0 Å². The highest BCUT2D eigenvalue weighted by molar-refractivity contribution is 7.98. The smallest absolute Gasteiger partial charge is 0.245 e. The van der Waals surface area contributed by atoms with Gasteiger partial charge in [-0.1, -0.05) is 11.8 Å². The first kappa shape index (κ1) is 37.5. The maximum Gasteiger partial charge on any atom is 0.245 e. The second-order valence-electron chi connectivity index (χ2n) is 12.1. The van der Waals surface area contributed by atoms with Gasteiger partial charge in [0, 0.05) is 87.5 Å². The number of nitrogens with one attached hydrogen (secondary N) is 1. The third-order valence-electron chi connectivity index (χ3n) is 8.36. The molecule has 2 aliphatic heterocycles.